The number of rotatable bonds is 5. The lowest BCUT2D eigenvalue weighted by Crippen LogP contribution is -2.60. The van der Waals surface area contributed by atoms with Gasteiger partial charge in [0.25, 0.3) is 0 Å². The van der Waals surface area contributed by atoms with E-state index in [2.05, 4.69) is 19.2 Å². The molecule has 12 heavy (non-hydrogen) atoms. The zero-order valence-electron chi connectivity index (χ0n) is 8.72. The van der Waals surface area contributed by atoms with E-state index in [1.807, 2.05) is 14.0 Å². The summed E-state index contributed by atoms with van der Waals surface area (Å²) in [5.41, 5.74) is 11.7. The van der Waals surface area contributed by atoms with Crippen molar-refractivity contribution in [3.8, 4) is 0 Å². The molecular formula is C9H23N3. The summed E-state index contributed by atoms with van der Waals surface area (Å²) in [7, 11) is 1.90. The smallest absolute Gasteiger partial charge is 0.0700 e. The third kappa shape index (κ3) is 2.44. The zero-order chi connectivity index (χ0) is 9.78. The van der Waals surface area contributed by atoms with Crippen molar-refractivity contribution in [1.82, 2.24) is 5.32 Å². The Morgan fingerprint density at radius 3 is 2.00 bits per heavy atom. The van der Waals surface area contributed by atoms with Gasteiger partial charge in [0.1, 0.15) is 0 Å². The minimum Gasteiger partial charge on any atom is -0.328 e. The standard InChI is InChI=1S/C9H23N3/c1-5-8(7(3)10)9(11,6-2)12-4/h7-8,12H,5-6,10-11H2,1-4H3. The fraction of sp³-hybridized carbons (Fsp3) is 1.00. The molecule has 0 aliphatic carbocycles. The van der Waals surface area contributed by atoms with Crippen molar-refractivity contribution in [2.24, 2.45) is 17.4 Å². The van der Waals surface area contributed by atoms with Gasteiger partial charge in [-0.1, -0.05) is 13.8 Å². The first kappa shape index (κ1) is 11.9. The molecule has 0 aromatic heterocycles. The summed E-state index contributed by atoms with van der Waals surface area (Å²) in [6.45, 7) is 6.23. The van der Waals surface area contributed by atoms with Crippen molar-refractivity contribution >= 4 is 0 Å². The van der Waals surface area contributed by atoms with Crippen LogP contribution in [0.2, 0.25) is 0 Å². The van der Waals surface area contributed by atoms with Gasteiger partial charge in [-0.25, -0.2) is 0 Å². The molecule has 3 atom stereocenters. The van der Waals surface area contributed by atoms with Crippen LogP contribution in [0, 0.1) is 5.92 Å². The highest BCUT2D eigenvalue weighted by molar-refractivity contribution is 4.90. The fourth-order valence-corrected chi connectivity index (χ4v) is 1.83. The van der Waals surface area contributed by atoms with Crippen LogP contribution in [0.15, 0.2) is 0 Å². The molecule has 0 aromatic carbocycles. The molecular weight excluding hydrogens is 150 g/mol. The van der Waals surface area contributed by atoms with Crippen molar-refractivity contribution in [3.63, 3.8) is 0 Å². The summed E-state index contributed by atoms with van der Waals surface area (Å²) in [6, 6.07) is 0.146. The van der Waals surface area contributed by atoms with Gasteiger partial charge in [-0.3, -0.25) is 0 Å². The van der Waals surface area contributed by atoms with Crippen molar-refractivity contribution in [3.05, 3.63) is 0 Å². The van der Waals surface area contributed by atoms with Crippen molar-refractivity contribution in [2.45, 2.75) is 45.3 Å². The zero-order valence-corrected chi connectivity index (χ0v) is 8.72. The molecule has 0 aromatic rings. The van der Waals surface area contributed by atoms with E-state index in [4.69, 9.17) is 11.5 Å². The molecule has 0 amide bonds. The quantitative estimate of drug-likeness (QED) is 0.535. The Balaban J connectivity index is 4.43. The van der Waals surface area contributed by atoms with Gasteiger partial charge in [0.05, 0.1) is 5.66 Å². The maximum absolute atomic E-state index is 6.16. The first-order valence-electron chi connectivity index (χ1n) is 4.75. The molecule has 0 radical (unpaired) electrons. The van der Waals surface area contributed by atoms with Gasteiger partial charge in [-0.05, 0) is 26.8 Å². The second-order valence-corrected chi connectivity index (χ2v) is 3.52. The molecule has 5 N–H and O–H groups in total. The first-order chi connectivity index (χ1) is 5.51. The maximum atomic E-state index is 6.16. The molecule has 3 heteroatoms. The molecule has 0 spiro atoms. The van der Waals surface area contributed by atoms with Crippen LogP contribution in [-0.4, -0.2) is 18.8 Å². The summed E-state index contributed by atoms with van der Waals surface area (Å²) >= 11 is 0. The predicted octanol–water partition coefficient (Wildman–Crippen LogP) is 0.644. The summed E-state index contributed by atoms with van der Waals surface area (Å²) < 4.78 is 0. The van der Waals surface area contributed by atoms with Gasteiger partial charge in [0, 0.05) is 12.0 Å². The second kappa shape index (κ2) is 4.80. The predicted molar refractivity (Wildman–Crippen MR) is 53.7 cm³/mol. The van der Waals surface area contributed by atoms with Gasteiger partial charge in [0.15, 0.2) is 0 Å². The van der Waals surface area contributed by atoms with Crippen molar-refractivity contribution < 1.29 is 0 Å². The van der Waals surface area contributed by atoms with Gasteiger partial charge < -0.3 is 16.8 Å². The maximum Gasteiger partial charge on any atom is 0.0700 e. The lowest BCUT2D eigenvalue weighted by molar-refractivity contribution is 0.188. The fourth-order valence-electron chi connectivity index (χ4n) is 1.83. The van der Waals surface area contributed by atoms with E-state index < -0.39 is 0 Å². The summed E-state index contributed by atoms with van der Waals surface area (Å²) in [5, 5.41) is 3.16. The Labute approximate surface area is 75.9 Å². The topological polar surface area (TPSA) is 64.1 Å². The Morgan fingerprint density at radius 1 is 1.42 bits per heavy atom. The lowest BCUT2D eigenvalue weighted by atomic mass is 9.83. The van der Waals surface area contributed by atoms with E-state index in [1.54, 1.807) is 0 Å². The van der Waals surface area contributed by atoms with Crippen LogP contribution in [-0.2, 0) is 0 Å². The minimum atomic E-state index is -0.303. The van der Waals surface area contributed by atoms with E-state index >= 15 is 0 Å². The van der Waals surface area contributed by atoms with Gasteiger partial charge in [-0.2, -0.15) is 0 Å². The highest BCUT2D eigenvalue weighted by atomic mass is 15.1. The minimum absolute atomic E-state index is 0.146. The molecule has 0 heterocycles. The number of nitrogens with one attached hydrogen (secondary N) is 1. The van der Waals surface area contributed by atoms with Crippen LogP contribution < -0.4 is 16.8 Å². The molecule has 0 saturated heterocycles. The van der Waals surface area contributed by atoms with Crippen LogP contribution in [0.3, 0.4) is 0 Å². The van der Waals surface area contributed by atoms with Crippen molar-refractivity contribution in [2.75, 3.05) is 7.05 Å². The average Bonchev–Trinajstić information content (AvgIpc) is 2.04. The molecule has 0 aliphatic rings. The third-order valence-electron chi connectivity index (χ3n) is 2.79. The van der Waals surface area contributed by atoms with E-state index in [-0.39, 0.29) is 11.7 Å². The molecule has 0 saturated carbocycles. The van der Waals surface area contributed by atoms with Crippen LogP contribution in [0.1, 0.15) is 33.6 Å². The molecule has 74 valence electrons. The van der Waals surface area contributed by atoms with E-state index in [1.165, 1.54) is 0 Å². The van der Waals surface area contributed by atoms with Crippen LogP contribution in [0.4, 0.5) is 0 Å². The highest BCUT2D eigenvalue weighted by Crippen LogP contribution is 2.21. The Bertz CT molecular complexity index is 119. The summed E-state index contributed by atoms with van der Waals surface area (Å²) in [4.78, 5) is 0. The average molecular weight is 173 g/mol. The van der Waals surface area contributed by atoms with E-state index in [9.17, 15) is 0 Å². The third-order valence-corrected chi connectivity index (χ3v) is 2.79. The molecule has 0 bridgehead atoms. The number of hydrogen-bond donors (Lipinski definition) is 3. The van der Waals surface area contributed by atoms with Crippen LogP contribution in [0.5, 0.6) is 0 Å². The van der Waals surface area contributed by atoms with E-state index in [0.717, 1.165) is 12.8 Å². The normalized spacial score (nSPS) is 21.5. The summed E-state index contributed by atoms with van der Waals surface area (Å²) in [6.07, 6.45) is 1.92. The summed E-state index contributed by atoms with van der Waals surface area (Å²) in [5.74, 6) is 0.340. The Morgan fingerprint density at radius 2 is 1.92 bits per heavy atom. The molecule has 3 nitrogen and oxygen atoms in total. The van der Waals surface area contributed by atoms with Crippen LogP contribution >= 0.6 is 0 Å². The molecule has 3 unspecified atom stereocenters. The number of hydrogen-bond acceptors (Lipinski definition) is 3. The van der Waals surface area contributed by atoms with Gasteiger partial charge in [0.2, 0.25) is 0 Å². The molecule has 0 rings (SSSR count). The van der Waals surface area contributed by atoms with Crippen molar-refractivity contribution in [1.29, 1.82) is 0 Å². The second-order valence-electron chi connectivity index (χ2n) is 3.52. The SMILES string of the molecule is CCC(C(C)N)C(N)(CC)NC. The molecule has 0 fully saturated rings. The van der Waals surface area contributed by atoms with Gasteiger partial charge in [-0.15, -0.1) is 0 Å². The Hall–Kier alpha value is -0.120. The highest BCUT2D eigenvalue weighted by Gasteiger charge is 2.32. The largest absolute Gasteiger partial charge is 0.328 e. The first-order valence-corrected chi connectivity index (χ1v) is 4.75. The van der Waals surface area contributed by atoms with E-state index in [0.29, 0.717) is 5.92 Å². The Kier molecular flexibility index (Phi) is 4.75. The lowest BCUT2D eigenvalue weighted by Gasteiger charge is -2.38. The monoisotopic (exact) mass is 173 g/mol. The van der Waals surface area contributed by atoms with Gasteiger partial charge >= 0.3 is 0 Å². The number of nitrogens with two attached hydrogens (primary N) is 2. The molecule has 0 aliphatic heterocycles. The van der Waals surface area contributed by atoms with Crippen LogP contribution in [0.25, 0.3) is 0 Å².